The van der Waals surface area contributed by atoms with Gasteiger partial charge in [0.25, 0.3) is 0 Å². The molecule has 1 unspecified atom stereocenters. The van der Waals surface area contributed by atoms with E-state index in [4.69, 9.17) is 9.47 Å². The van der Waals surface area contributed by atoms with Crippen LogP contribution in [0, 0.1) is 5.92 Å². The van der Waals surface area contributed by atoms with Gasteiger partial charge in [-0.25, -0.2) is 0 Å². The number of carbonyl (C=O) groups excluding carboxylic acids is 1. The molecule has 2 rings (SSSR count). The summed E-state index contributed by atoms with van der Waals surface area (Å²) in [5.41, 5.74) is -0.997. The number of guanidine groups is 1. The molecule has 11 heteroatoms. The fourth-order valence-electron chi connectivity index (χ4n) is 2.64. The average Bonchev–Trinajstić information content (AvgIpc) is 3.04. The third-order valence-electron chi connectivity index (χ3n) is 3.97. The number of aromatic amines is 1. The van der Waals surface area contributed by atoms with Crippen LogP contribution in [0.15, 0.2) is 11.1 Å². The standard InChI is InChI=1S/C16H24F3N5O3/c1-10(9-26-2)20-15(21-13-8-12(23-24-13)16(17,18)19)22-14(25)7-11-3-5-27-6-4-11/h8,10-11H,3-7,9H2,1-2H3,(H3,20,21,22,23,24,25). The number of rotatable bonds is 6. The van der Waals surface area contributed by atoms with Crippen molar-refractivity contribution in [3.8, 4) is 0 Å². The minimum Gasteiger partial charge on any atom is -0.383 e. The Hall–Kier alpha value is -2.14. The van der Waals surface area contributed by atoms with Gasteiger partial charge >= 0.3 is 6.18 Å². The van der Waals surface area contributed by atoms with E-state index in [0.717, 1.165) is 18.9 Å². The molecular weight excluding hydrogens is 367 g/mol. The molecule has 1 aromatic heterocycles. The van der Waals surface area contributed by atoms with Crippen LogP contribution in [-0.2, 0) is 20.4 Å². The Morgan fingerprint density at radius 3 is 2.78 bits per heavy atom. The maximum atomic E-state index is 12.7. The van der Waals surface area contributed by atoms with Crippen molar-refractivity contribution >= 4 is 17.7 Å². The van der Waals surface area contributed by atoms with Crippen LogP contribution in [0.2, 0.25) is 0 Å². The summed E-state index contributed by atoms with van der Waals surface area (Å²) in [6.45, 7) is 3.34. The lowest BCUT2D eigenvalue weighted by atomic mass is 9.96. The molecular formula is C16H24F3N5O3. The van der Waals surface area contributed by atoms with Crippen molar-refractivity contribution < 1.29 is 27.4 Å². The Bertz CT molecular complexity index is 641. The fraction of sp³-hybridized carbons (Fsp3) is 0.688. The van der Waals surface area contributed by atoms with Crippen molar-refractivity contribution in [1.29, 1.82) is 0 Å². The number of halogens is 3. The largest absolute Gasteiger partial charge is 0.432 e. The van der Waals surface area contributed by atoms with E-state index in [9.17, 15) is 18.0 Å². The zero-order valence-corrected chi connectivity index (χ0v) is 15.2. The number of anilines is 1. The summed E-state index contributed by atoms with van der Waals surface area (Å²) in [5.74, 6) is -0.253. The molecule has 0 spiro atoms. The van der Waals surface area contributed by atoms with Crippen molar-refractivity contribution in [3.05, 3.63) is 11.8 Å². The number of alkyl halides is 3. The van der Waals surface area contributed by atoms with Gasteiger partial charge < -0.3 is 20.1 Å². The van der Waals surface area contributed by atoms with Gasteiger partial charge in [-0.1, -0.05) is 0 Å². The highest BCUT2D eigenvalue weighted by atomic mass is 19.4. The molecule has 0 aromatic carbocycles. The van der Waals surface area contributed by atoms with Gasteiger partial charge in [0.2, 0.25) is 11.9 Å². The molecule has 1 saturated heterocycles. The molecule has 1 aliphatic heterocycles. The molecule has 1 aromatic rings. The number of aliphatic imine (C=N–C) groups is 1. The zero-order valence-electron chi connectivity index (χ0n) is 15.2. The number of aromatic nitrogens is 2. The monoisotopic (exact) mass is 391 g/mol. The number of hydrogen-bond donors (Lipinski definition) is 3. The quantitative estimate of drug-likeness (QED) is 0.508. The Labute approximate surface area is 154 Å². The van der Waals surface area contributed by atoms with Gasteiger partial charge in [-0.05, 0) is 25.7 Å². The molecule has 0 aliphatic carbocycles. The molecule has 152 valence electrons. The van der Waals surface area contributed by atoms with Gasteiger partial charge in [0.1, 0.15) is 5.69 Å². The summed E-state index contributed by atoms with van der Waals surface area (Å²) >= 11 is 0. The lowest BCUT2D eigenvalue weighted by Gasteiger charge is -2.21. The second kappa shape index (κ2) is 9.70. The first-order valence-electron chi connectivity index (χ1n) is 8.62. The highest BCUT2D eigenvalue weighted by molar-refractivity contribution is 6.00. The summed E-state index contributed by atoms with van der Waals surface area (Å²) in [7, 11) is 1.52. The van der Waals surface area contributed by atoms with Crippen molar-refractivity contribution in [2.24, 2.45) is 10.9 Å². The average molecular weight is 391 g/mol. The van der Waals surface area contributed by atoms with Gasteiger partial charge in [0.15, 0.2) is 5.82 Å². The van der Waals surface area contributed by atoms with Crippen LogP contribution in [0.5, 0.6) is 0 Å². The summed E-state index contributed by atoms with van der Waals surface area (Å²) < 4.78 is 48.4. The van der Waals surface area contributed by atoms with Crippen molar-refractivity contribution in [2.75, 3.05) is 32.2 Å². The van der Waals surface area contributed by atoms with E-state index in [1.807, 2.05) is 5.10 Å². The molecule has 8 nitrogen and oxygen atoms in total. The predicted molar refractivity (Wildman–Crippen MR) is 92.3 cm³/mol. The molecule has 0 radical (unpaired) electrons. The summed E-state index contributed by atoms with van der Waals surface area (Å²) in [6, 6.07) is 0.583. The van der Waals surface area contributed by atoms with Crippen molar-refractivity contribution in [3.63, 3.8) is 0 Å². The van der Waals surface area contributed by atoms with E-state index >= 15 is 0 Å². The maximum absolute atomic E-state index is 12.7. The van der Waals surface area contributed by atoms with Gasteiger partial charge in [-0.3, -0.25) is 9.89 Å². The maximum Gasteiger partial charge on any atom is 0.432 e. The smallest absolute Gasteiger partial charge is 0.383 e. The summed E-state index contributed by atoms with van der Waals surface area (Å²) in [5, 5.41) is 11.0. The number of amides is 1. The van der Waals surface area contributed by atoms with Crippen molar-refractivity contribution in [2.45, 2.75) is 38.4 Å². The van der Waals surface area contributed by atoms with E-state index < -0.39 is 11.9 Å². The molecule has 1 atom stereocenters. The topological polar surface area (TPSA) is 101 Å². The Morgan fingerprint density at radius 2 is 2.19 bits per heavy atom. The molecule has 0 saturated carbocycles. The molecule has 27 heavy (non-hydrogen) atoms. The normalized spacial score (nSPS) is 17.6. The van der Waals surface area contributed by atoms with Gasteiger partial charge in [0, 0.05) is 38.9 Å². The van der Waals surface area contributed by atoms with Crippen LogP contribution < -0.4 is 10.6 Å². The van der Waals surface area contributed by atoms with Crippen LogP contribution in [0.4, 0.5) is 19.0 Å². The van der Waals surface area contributed by atoms with E-state index in [0.29, 0.717) is 19.8 Å². The lowest BCUT2D eigenvalue weighted by molar-refractivity contribution is -0.141. The number of H-pyrrole nitrogens is 1. The fourth-order valence-corrected chi connectivity index (χ4v) is 2.64. The van der Waals surface area contributed by atoms with Crippen LogP contribution >= 0.6 is 0 Å². The molecule has 1 aliphatic rings. The highest BCUT2D eigenvalue weighted by Crippen LogP contribution is 2.28. The first-order chi connectivity index (χ1) is 12.8. The van der Waals surface area contributed by atoms with Crippen LogP contribution in [0.1, 0.15) is 31.9 Å². The number of ether oxygens (including phenoxy) is 2. The predicted octanol–water partition coefficient (Wildman–Crippen LogP) is 2.16. The Balaban J connectivity index is 2.07. The van der Waals surface area contributed by atoms with Gasteiger partial charge in [-0.15, -0.1) is 0 Å². The molecule has 2 heterocycles. The summed E-state index contributed by atoms with van der Waals surface area (Å²) in [6.07, 6.45) is -2.72. The number of methoxy groups -OCH3 is 1. The number of nitrogens with zero attached hydrogens (tertiary/aromatic N) is 2. The third kappa shape index (κ3) is 7.18. The number of hydrogen-bond acceptors (Lipinski definition) is 4. The number of carbonyl (C=O) groups is 1. The lowest BCUT2D eigenvalue weighted by Crippen LogP contribution is -2.40. The second-order valence-electron chi connectivity index (χ2n) is 6.40. The minimum absolute atomic E-state index is 0.0248. The van der Waals surface area contributed by atoms with E-state index in [1.165, 1.54) is 7.11 Å². The van der Waals surface area contributed by atoms with Gasteiger partial charge in [-0.2, -0.15) is 23.3 Å². The van der Waals surface area contributed by atoms with Crippen LogP contribution in [0.3, 0.4) is 0 Å². The Kier molecular flexibility index (Phi) is 7.60. The van der Waals surface area contributed by atoms with Crippen LogP contribution in [0.25, 0.3) is 0 Å². The van der Waals surface area contributed by atoms with Crippen molar-refractivity contribution in [1.82, 2.24) is 15.5 Å². The SMILES string of the molecule is COCC(C)N/C(=N/C(=O)CC1CCOCC1)Nc1cc(C(F)(F)F)[nH]n1. The number of nitrogens with one attached hydrogen (secondary N) is 3. The van der Waals surface area contributed by atoms with E-state index in [1.54, 1.807) is 6.92 Å². The van der Waals surface area contributed by atoms with Gasteiger partial charge in [0.05, 0.1) is 6.61 Å². The van der Waals surface area contributed by atoms with E-state index in [-0.39, 0.29) is 36.1 Å². The third-order valence-corrected chi connectivity index (χ3v) is 3.97. The first-order valence-corrected chi connectivity index (χ1v) is 8.62. The molecule has 1 fully saturated rings. The molecule has 0 bridgehead atoms. The minimum atomic E-state index is -4.54. The van der Waals surface area contributed by atoms with Crippen LogP contribution in [-0.4, -0.2) is 55.0 Å². The molecule has 1 amide bonds. The Morgan fingerprint density at radius 1 is 1.48 bits per heavy atom. The molecule has 3 N–H and O–H groups in total. The zero-order chi connectivity index (χ0) is 19.9. The highest BCUT2D eigenvalue weighted by Gasteiger charge is 2.33. The first kappa shape index (κ1) is 21.2. The van der Waals surface area contributed by atoms with E-state index in [2.05, 4.69) is 20.7 Å². The second-order valence-corrected chi connectivity index (χ2v) is 6.40. The summed E-state index contributed by atoms with van der Waals surface area (Å²) in [4.78, 5) is 16.3.